The van der Waals surface area contributed by atoms with Crippen LogP contribution < -0.4 is 0 Å². The molecule has 0 radical (unpaired) electrons. The number of rotatable bonds is 2. The lowest BCUT2D eigenvalue weighted by molar-refractivity contribution is 0.0630. The van der Waals surface area contributed by atoms with Crippen molar-refractivity contribution in [2.75, 3.05) is 20.3 Å². The van der Waals surface area contributed by atoms with Crippen LogP contribution in [-0.2, 0) is 9.47 Å². The highest BCUT2D eigenvalue weighted by atomic mass is 16.7. The minimum Gasteiger partial charge on any atom is -0.435 e. The van der Waals surface area contributed by atoms with E-state index in [4.69, 9.17) is 5.11 Å². The van der Waals surface area contributed by atoms with Crippen LogP contribution in [0.3, 0.4) is 0 Å². The molecule has 0 rings (SSSR count). The van der Waals surface area contributed by atoms with E-state index in [0.29, 0.717) is 13.2 Å². The van der Waals surface area contributed by atoms with Crippen LogP contribution in [0.1, 0.15) is 13.8 Å². The van der Waals surface area contributed by atoms with E-state index in [9.17, 15) is 4.79 Å². The number of aliphatic hydroxyl groups excluding tert-OH is 1. The zero-order chi connectivity index (χ0) is 8.41. The first-order chi connectivity index (χ1) is 4.81. The van der Waals surface area contributed by atoms with Crippen LogP contribution >= 0.6 is 0 Å². The second kappa shape index (κ2) is 11.1. The average Bonchev–Trinajstić information content (AvgIpc) is 1.93. The topological polar surface area (TPSA) is 55.8 Å². The van der Waals surface area contributed by atoms with E-state index in [1.807, 2.05) is 0 Å². The Labute approximate surface area is 60.8 Å². The SMILES string of the molecule is CCOC(=O)OCC.CO. The van der Waals surface area contributed by atoms with Gasteiger partial charge < -0.3 is 14.6 Å². The van der Waals surface area contributed by atoms with Crippen LogP contribution in [0.25, 0.3) is 0 Å². The van der Waals surface area contributed by atoms with Gasteiger partial charge in [-0.25, -0.2) is 4.79 Å². The van der Waals surface area contributed by atoms with Crippen molar-refractivity contribution in [3.05, 3.63) is 0 Å². The number of hydrogen-bond donors (Lipinski definition) is 1. The number of hydrogen-bond acceptors (Lipinski definition) is 4. The molecule has 0 aliphatic rings. The molecular formula is C6H14O4. The molecule has 0 atom stereocenters. The predicted molar refractivity (Wildman–Crippen MR) is 36.8 cm³/mol. The number of carbonyl (C=O) groups is 1. The van der Waals surface area contributed by atoms with E-state index in [0.717, 1.165) is 7.11 Å². The molecule has 0 amide bonds. The Morgan fingerprint density at radius 2 is 1.50 bits per heavy atom. The molecule has 4 nitrogen and oxygen atoms in total. The van der Waals surface area contributed by atoms with Crippen molar-refractivity contribution in [3.8, 4) is 0 Å². The Morgan fingerprint density at radius 1 is 1.20 bits per heavy atom. The molecule has 0 unspecified atom stereocenters. The van der Waals surface area contributed by atoms with Crippen molar-refractivity contribution < 1.29 is 19.4 Å². The first kappa shape index (κ1) is 12.0. The Hall–Kier alpha value is -0.770. The van der Waals surface area contributed by atoms with Crippen molar-refractivity contribution in [1.29, 1.82) is 0 Å². The van der Waals surface area contributed by atoms with E-state index >= 15 is 0 Å². The standard InChI is InChI=1S/C5H10O3.CH4O/c1-3-7-5(6)8-4-2;1-2/h3-4H2,1-2H3;2H,1H3. The van der Waals surface area contributed by atoms with Crippen LogP contribution in [-0.4, -0.2) is 31.6 Å². The largest absolute Gasteiger partial charge is 0.508 e. The maximum atomic E-state index is 10.2. The van der Waals surface area contributed by atoms with Crippen molar-refractivity contribution in [1.82, 2.24) is 0 Å². The Morgan fingerprint density at radius 3 is 1.70 bits per heavy atom. The normalized spacial score (nSPS) is 7.20. The fourth-order valence-corrected chi connectivity index (χ4v) is 0.277. The second-order valence-corrected chi connectivity index (χ2v) is 1.12. The van der Waals surface area contributed by atoms with Gasteiger partial charge in [-0.2, -0.15) is 0 Å². The van der Waals surface area contributed by atoms with E-state index in [1.165, 1.54) is 0 Å². The zero-order valence-corrected chi connectivity index (χ0v) is 6.59. The Kier molecular flexibility index (Phi) is 13.3. The highest BCUT2D eigenvalue weighted by Gasteiger charge is 1.96. The van der Waals surface area contributed by atoms with Gasteiger partial charge in [-0.05, 0) is 13.8 Å². The molecule has 0 aliphatic heterocycles. The third kappa shape index (κ3) is 10.3. The zero-order valence-electron chi connectivity index (χ0n) is 6.59. The highest BCUT2D eigenvalue weighted by molar-refractivity contribution is 5.59. The number of ether oxygens (including phenoxy) is 2. The monoisotopic (exact) mass is 150 g/mol. The van der Waals surface area contributed by atoms with Gasteiger partial charge >= 0.3 is 6.16 Å². The van der Waals surface area contributed by atoms with Gasteiger partial charge in [-0.15, -0.1) is 0 Å². The van der Waals surface area contributed by atoms with Crippen molar-refractivity contribution in [3.63, 3.8) is 0 Å². The highest BCUT2D eigenvalue weighted by Crippen LogP contribution is 1.81. The molecule has 0 aromatic heterocycles. The molecule has 0 spiro atoms. The quantitative estimate of drug-likeness (QED) is 0.591. The van der Waals surface area contributed by atoms with Crippen molar-refractivity contribution in [2.24, 2.45) is 0 Å². The molecule has 62 valence electrons. The Balaban J connectivity index is 0. The van der Waals surface area contributed by atoms with Crippen LogP contribution in [0.5, 0.6) is 0 Å². The third-order valence-corrected chi connectivity index (χ3v) is 0.524. The summed E-state index contributed by atoms with van der Waals surface area (Å²) in [4.78, 5) is 10.2. The molecule has 10 heavy (non-hydrogen) atoms. The molecule has 0 saturated heterocycles. The minimum absolute atomic E-state index is 0.374. The lowest BCUT2D eigenvalue weighted by Crippen LogP contribution is -2.05. The molecule has 0 aliphatic carbocycles. The van der Waals surface area contributed by atoms with Crippen LogP contribution in [0, 0.1) is 0 Å². The Bertz CT molecular complexity index is 64.1. The third-order valence-electron chi connectivity index (χ3n) is 0.524. The van der Waals surface area contributed by atoms with Gasteiger partial charge in [0, 0.05) is 7.11 Å². The fourth-order valence-electron chi connectivity index (χ4n) is 0.277. The van der Waals surface area contributed by atoms with Gasteiger partial charge in [0.25, 0.3) is 0 Å². The molecular weight excluding hydrogens is 136 g/mol. The van der Waals surface area contributed by atoms with Gasteiger partial charge in [0.1, 0.15) is 0 Å². The summed E-state index contributed by atoms with van der Waals surface area (Å²) in [7, 11) is 1.00. The second-order valence-electron chi connectivity index (χ2n) is 1.12. The molecule has 0 heterocycles. The van der Waals surface area contributed by atoms with E-state index in [1.54, 1.807) is 13.8 Å². The summed E-state index contributed by atoms with van der Waals surface area (Å²) in [5.74, 6) is 0. The molecule has 0 fully saturated rings. The molecule has 0 aromatic rings. The summed E-state index contributed by atoms with van der Waals surface area (Å²) in [5, 5.41) is 7.00. The number of aliphatic hydroxyl groups is 1. The van der Waals surface area contributed by atoms with Crippen LogP contribution in [0.2, 0.25) is 0 Å². The summed E-state index contributed by atoms with van der Waals surface area (Å²) in [5.41, 5.74) is 0. The van der Waals surface area contributed by atoms with Gasteiger partial charge in [-0.3, -0.25) is 0 Å². The van der Waals surface area contributed by atoms with Gasteiger partial charge in [0.2, 0.25) is 0 Å². The molecule has 0 bridgehead atoms. The summed E-state index contributed by atoms with van der Waals surface area (Å²) in [6.45, 7) is 4.21. The molecule has 0 aromatic carbocycles. The summed E-state index contributed by atoms with van der Waals surface area (Å²) >= 11 is 0. The first-order valence-corrected chi connectivity index (χ1v) is 3.05. The van der Waals surface area contributed by atoms with Gasteiger partial charge in [0.05, 0.1) is 13.2 Å². The van der Waals surface area contributed by atoms with E-state index in [-0.39, 0.29) is 0 Å². The molecule has 0 saturated carbocycles. The lowest BCUT2D eigenvalue weighted by atomic mass is 10.8. The van der Waals surface area contributed by atoms with Crippen LogP contribution in [0.15, 0.2) is 0 Å². The van der Waals surface area contributed by atoms with Crippen molar-refractivity contribution in [2.45, 2.75) is 13.8 Å². The van der Waals surface area contributed by atoms with Crippen LogP contribution in [0.4, 0.5) is 4.79 Å². The summed E-state index contributed by atoms with van der Waals surface area (Å²) < 4.78 is 8.84. The van der Waals surface area contributed by atoms with E-state index < -0.39 is 6.16 Å². The van der Waals surface area contributed by atoms with Crippen molar-refractivity contribution >= 4 is 6.16 Å². The predicted octanol–water partition coefficient (Wildman–Crippen LogP) is 0.788. The smallest absolute Gasteiger partial charge is 0.435 e. The minimum atomic E-state index is -0.588. The lowest BCUT2D eigenvalue weighted by Gasteiger charge is -1.98. The van der Waals surface area contributed by atoms with Gasteiger partial charge in [-0.1, -0.05) is 0 Å². The number of carbonyl (C=O) groups excluding carboxylic acids is 1. The maximum Gasteiger partial charge on any atom is 0.508 e. The fraction of sp³-hybridized carbons (Fsp3) is 0.833. The van der Waals surface area contributed by atoms with Gasteiger partial charge in [0.15, 0.2) is 0 Å². The average molecular weight is 150 g/mol. The molecule has 4 heteroatoms. The molecule has 1 N–H and O–H groups in total. The first-order valence-electron chi connectivity index (χ1n) is 3.05. The summed E-state index contributed by atoms with van der Waals surface area (Å²) in [6.07, 6.45) is -0.588. The maximum absolute atomic E-state index is 10.2. The van der Waals surface area contributed by atoms with E-state index in [2.05, 4.69) is 9.47 Å². The summed E-state index contributed by atoms with van der Waals surface area (Å²) in [6, 6.07) is 0.